The molecule has 0 bridgehead atoms. The second-order valence-electron chi connectivity index (χ2n) is 4.09. The fraction of sp³-hybridized carbons (Fsp3) is 0.333. The number of carbonyl (C=O) groups is 1. The minimum Gasteiger partial charge on any atom is -0.368 e. The number of hydrogen-bond donors (Lipinski definition) is 2. The summed E-state index contributed by atoms with van der Waals surface area (Å²) in [6.07, 6.45) is 2.91. The summed E-state index contributed by atoms with van der Waals surface area (Å²) in [7, 11) is 1.76. The van der Waals surface area contributed by atoms with E-state index in [0.29, 0.717) is 12.4 Å². The van der Waals surface area contributed by atoms with Crippen LogP contribution in [0.25, 0.3) is 0 Å². The van der Waals surface area contributed by atoms with Gasteiger partial charge >= 0.3 is 0 Å². The van der Waals surface area contributed by atoms with Crippen LogP contribution in [0.1, 0.15) is 23.1 Å². The molecule has 0 aromatic carbocycles. The minimum absolute atomic E-state index is 0.0573. The lowest BCUT2D eigenvalue weighted by atomic mass is 10.2. The fourth-order valence-electron chi connectivity index (χ4n) is 1.63. The SMILES string of the molecule is CCNc1nccc(C(=O)NCc2nncn2C)c1F. The topological polar surface area (TPSA) is 84.7 Å². The van der Waals surface area contributed by atoms with Crippen LogP contribution >= 0.6 is 0 Å². The van der Waals surface area contributed by atoms with Crippen molar-refractivity contribution in [2.24, 2.45) is 7.05 Å². The molecule has 0 aliphatic rings. The fourth-order valence-corrected chi connectivity index (χ4v) is 1.63. The van der Waals surface area contributed by atoms with Gasteiger partial charge in [0.05, 0.1) is 12.1 Å². The predicted molar refractivity (Wildman–Crippen MR) is 70.5 cm³/mol. The zero-order chi connectivity index (χ0) is 14.5. The maximum Gasteiger partial charge on any atom is 0.254 e. The Bertz CT molecular complexity index is 612. The molecule has 0 unspecified atom stereocenters. The number of nitrogens with zero attached hydrogens (tertiary/aromatic N) is 4. The number of pyridine rings is 1. The molecule has 2 aromatic rings. The van der Waals surface area contributed by atoms with Crippen molar-refractivity contribution in [3.63, 3.8) is 0 Å². The Labute approximate surface area is 115 Å². The highest BCUT2D eigenvalue weighted by Gasteiger charge is 2.16. The number of halogens is 1. The summed E-state index contributed by atoms with van der Waals surface area (Å²) < 4.78 is 15.7. The molecule has 7 nitrogen and oxygen atoms in total. The van der Waals surface area contributed by atoms with Gasteiger partial charge in [-0.2, -0.15) is 0 Å². The molecule has 106 valence electrons. The Hall–Kier alpha value is -2.51. The summed E-state index contributed by atoms with van der Waals surface area (Å²) >= 11 is 0. The molecule has 2 heterocycles. The molecule has 0 atom stereocenters. The van der Waals surface area contributed by atoms with E-state index >= 15 is 0 Å². The van der Waals surface area contributed by atoms with Crippen molar-refractivity contribution >= 4 is 11.7 Å². The number of amides is 1. The van der Waals surface area contributed by atoms with E-state index in [0.717, 1.165) is 0 Å². The van der Waals surface area contributed by atoms with Crippen molar-refractivity contribution in [3.05, 3.63) is 35.8 Å². The van der Waals surface area contributed by atoms with Gasteiger partial charge in [0.25, 0.3) is 5.91 Å². The Kier molecular flexibility index (Phi) is 4.24. The van der Waals surface area contributed by atoms with Gasteiger partial charge < -0.3 is 15.2 Å². The van der Waals surface area contributed by atoms with Crippen molar-refractivity contribution in [1.82, 2.24) is 25.1 Å². The second kappa shape index (κ2) is 6.09. The first kappa shape index (κ1) is 13.9. The third-order valence-corrected chi connectivity index (χ3v) is 2.69. The van der Waals surface area contributed by atoms with Gasteiger partial charge in [-0.25, -0.2) is 9.37 Å². The number of aryl methyl sites for hydroxylation is 1. The lowest BCUT2D eigenvalue weighted by Gasteiger charge is -2.08. The maximum atomic E-state index is 14.0. The van der Waals surface area contributed by atoms with Crippen LogP contribution in [0.5, 0.6) is 0 Å². The number of aromatic nitrogens is 4. The van der Waals surface area contributed by atoms with E-state index in [2.05, 4.69) is 25.8 Å². The molecule has 0 aliphatic carbocycles. The molecule has 20 heavy (non-hydrogen) atoms. The van der Waals surface area contributed by atoms with E-state index < -0.39 is 11.7 Å². The van der Waals surface area contributed by atoms with E-state index in [1.54, 1.807) is 11.6 Å². The molecule has 0 radical (unpaired) electrons. The van der Waals surface area contributed by atoms with Gasteiger partial charge in [0.1, 0.15) is 6.33 Å². The van der Waals surface area contributed by atoms with E-state index in [4.69, 9.17) is 0 Å². The number of hydrogen-bond acceptors (Lipinski definition) is 5. The molecule has 2 N–H and O–H groups in total. The van der Waals surface area contributed by atoms with Gasteiger partial charge in [0, 0.05) is 19.8 Å². The normalized spacial score (nSPS) is 10.3. The molecular formula is C12H15FN6O. The van der Waals surface area contributed by atoms with Crippen molar-refractivity contribution < 1.29 is 9.18 Å². The third-order valence-electron chi connectivity index (χ3n) is 2.69. The summed E-state index contributed by atoms with van der Waals surface area (Å²) in [5.41, 5.74) is -0.0573. The van der Waals surface area contributed by atoms with Crippen LogP contribution in [0.15, 0.2) is 18.6 Å². The van der Waals surface area contributed by atoms with Gasteiger partial charge in [-0.3, -0.25) is 4.79 Å². The van der Waals surface area contributed by atoms with Gasteiger partial charge in [-0.05, 0) is 13.0 Å². The first-order valence-corrected chi connectivity index (χ1v) is 6.13. The lowest BCUT2D eigenvalue weighted by molar-refractivity contribution is 0.0945. The molecule has 0 aliphatic heterocycles. The van der Waals surface area contributed by atoms with Crippen LogP contribution in [-0.4, -0.2) is 32.2 Å². The highest BCUT2D eigenvalue weighted by atomic mass is 19.1. The van der Waals surface area contributed by atoms with E-state index in [-0.39, 0.29) is 17.9 Å². The Balaban J connectivity index is 2.09. The van der Waals surface area contributed by atoms with Crippen molar-refractivity contribution in [2.45, 2.75) is 13.5 Å². The quantitative estimate of drug-likeness (QED) is 0.841. The third kappa shape index (κ3) is 2.90. The number of anilines is 1. The Morgan fingerprint density at radius 2 is 2.30 bits per heavy atom. The minimum atomic E-state index is -0.662. The monoisotopic (exact) mass is 278 g/mol. The molecule has 0 spiro atoms. The number of rotatable bonds is 5. The highest BCUT2D eigenvalue weighted by Crippen LogP contribution is 2.14. The summed E-state index contributed by atoms with van der Waals surface area (Å²) in [5.74, 6) is -0.532. The van der Waals surface area contributed by atoms with Crippen molar-refractivity contribution in [1.29, 1.82) is 0 Å². The Morgan fingerprint density at radius 1 is 1.50 bits per heavy atom. The number of nitrogens with one attached hydrogen (secondary N) is 2. The summed E-state index contributed by atoms with van der Waals surface area (Å²) in [4.78, 5) is 15.8. The molecular weight excluding hydrogens is 263 g/mol. The van der Waals surface area contributed by atoms with Crippen molar-refractivity contribution in [3.8, 4) is 0 Å². The second-order valence-corrected chi connectivity index (χ2v) is 4.09. The molecule has 2 aromatic heterocycles. The molecule has 0 fully saturated rings. The van der Waals surface area contributed by atoms with Gasteiger partial charge in [0.15, 0.2) is 17.5 Å². The first-order valence-electron chi connectivity index (χ1n) is 6.13. The number of carbonyl (C=O) groups excluding carboxylic acids is 1. The molecule has 8 heteroatoms. The molecule has 2 rings (SSSR count). The van der Waals surface area contributed by atoms with E-state index in [9.17, 15) is 9.18 Å². The van der Waals surface area contributed by atoms with Gasteiger partial charge in [-0.15, -0.1) is 10.2 Å². The molecule has 0 saturated heterocycles. The predicted octanol–water partition coefficient (Wildman–Crippen LogP) is 0.711. The van der Waals surface area contributed by atoms with Crippen molar-refractivity contribution in [2.75, 3.05) is 11.9 Å². The maximum absolute atomic E-state index is 14.0. The van der Waals surface area contributed by atoms with Gasteiger partial charge in [0.2, 0.25) is 0 Å². The van der Waals surface area contributed by atoms with Gasteiger partial charge in [-0.1, -0.05) is 0 Å². The van der Waals surface area contributed by atoms with Crippen LogP contribution in [0, 0.1) is 5.82 Å². The molecule has 1 amide bonds. The summed E-state index contributed by atoms with van der Waals surface area (Å²) in [6.45, 7) is 2.52. The lowest BCUT2D eigenvalue weighted by Crippen LogP contribution is -2.25. The standard InChI is InChI=1S/C12H15FN6O/c1-3-14-11-10(13)8(4-5-15-11)12(20)16-6-9-18-17-7-19(9)2/h4-5,7H,3,6H2,1-2H3,(H,14,15)(H,16,20). The smallest absolute Gasteiger partial charge is 0.254 e. The van der Waals surface area contributed by atoms with Crippen LogP contribution < -0.4 is 10.6 Å². The summed E-state index contributed by atoms with van der Waals surface area (Å²) in [5, 5.41) is 12.9. The largest absolute Gasteiger partial charge is 0.368 e. The average molecular weight is 278 g/mol. The van der Waals surface area contributed by atoms with Crippen LogP contribution in [0.3, 0.4) is 0 Å². The first-order chi connectivity index (χ1) is 9.63. The highest BCUT2D eigenvalue weighted by molar-refractivity contribution is 5.95. The zero-order valence-corrected chi connectivity index (χ0v) is 11.2. The van der Waals surface area contributed by atoms with E-state index in [1.807, 2.05) is 6.92 Å². The van der Waals surface area contributed by atoms with E-state index in [1.165, 1.54) is 18.6 Å². The summed E-state index contributed by atoms with van der Waals surface area (Å²) in [6, 6.07) is 1.34. The van der Waals surface area contributed by atoms with Crippen LogP contribution in [0.4, 0.5) is 10.2 Å². The Morgan fingerprint density at radius 3 is 2.95 bits per heavy atom. The van der Waals surface area contributed by atoms with Crippen LogP contribution in [-0.2, 0) is 13.6 Å². The zero-order valence-electron chi connectivity index (χ0n) is 11.2. The molecule has 0 saturated carbocycles. The van der Waals surface area contributed by atoms with Crippen LogP contribution in [0.2, 0.25) is 0 Å². The average Bonchev–Trinajstić information content (AvgIpc) is 2.84.